The van der Waals surface area contributed by atoms with Crippen LogP contribution < -0.4 is 5.32 Å². The number of benzene rings is 2. The molecule has 0 aliphatic carbocycles. The van der Waals surface area contributed by atoms with E-state index in [1.54, 1.807) is 23.6 Å². The highest BCUT2D eigenvalue weighted by atomic mass is 32.2. The van der Waals surface area contributed by atoms with E-state index >= 15 is 0 Å². The van der Waals surface area contributed by atoms with E-state index in [1.807, 2.05) is 68.4 Å². The van der Waals surface area contributed by atoms with Gasteiger partial charge in [-0.2, -0.15) is 0 Å². The second-order valence-electron chi connectivity index (χ2n) is 6.43. The quantitative estimate of drug-likeness (QED) is 0.664. The fourth-order valence-corrected chi connectivity index (χ4v) is 3.65. The Morgan fingerprint density at radius 3 is 2.41 bits per heavy atom. The van der Waals surface area contributed by atoms with Gasteiger partial charge in [0.25, 0.3) is 0 Å². The SMILES string of the molecule is CCNC(=O)[C@H](C)N(Cc1ccccc1C)C(=O)CCSc1ccccc1. The largest absolute Gasteiger partial charge is 0.355 e. The Kier molecular flexibility index (Phi) is 8.40. The van der Waals surface area contributed by atoms with Crippen molar-refractivity contribution in [3.05, 3.63) is 65.7 Å². The zero-order valence-electron chi connectivity index (χ0n) is 16.3. The topological polar surface area (TPSA) is 49.4 Å². The van der Waals surface area contributed by atoms with E-state index in [0.29, 0.717) is 25.3 Å². The van der Waals surface area contributed by atoms with Gasteiger partial charge < -0.3 is 10.2 Å². The minimum atomic E-state index is -0.501. The first-order valence-electron chi connectivity index (χ1n) is 9.32. The molecule has 0 bridgehead atoms. The first-order valence-corrected chi connectivity index (χ1v) is 10.3. The minimum Gasteiger partial charge on any atom is -0.355 e. The van der Waals surface area contributed by atoms with Gasteiger partial charge in [-0.25, -0.2) is 0 Å². The van der Waals surface area contributed by atoms with Crippen molar-refractivity contribution < 1.29 is 9.59 Å². The molecule has 0 fully saturated rings. The molecule has 1 atom stereocenters. The second kappa shape index (κ2) is 10.8. The molecular weight excluding hydrogens is 356 g/mol. The molecule has 0 heterocycles. The van der Waals surface area contributed by atoms with Crippen LogP contribution in [0.4, 0.5) is 0 Å². The molecule has 0 aromatic heterocycles. The van der Waals surface area contributed by atoms with Crippen molar-refractivity contribution in [1.82, 2.24) is 10.2 Å². The van der Waals surface area contributed by atoms with Gasteiger partial charge in [0.2, 0.25) is 11.8 Å². The van der Waals surface area contributed by atoms with E-state index in [-0.39, 0.29) is 11.8 Å². The van der Waals surface area contributed by atoms with E-state index in [2.05, 4.69) is 5.32 Å². The summed E-state index contributed by atoms with van der Waals surface area (Å²) in [4.78, 5) is 28.1. The number of carbonyl (C=O) groups excluding carboxylic acids is 2. The van der Waals surface area contributed by atoms with Gasteiger partial charge in [-0.15, -0.1) is 11.8 Å². The number of likely N-dealkylation sites (N-methyl/N-ethyl adjacent to an activating group) is 1. The predicted octanol–water partition coefficient (Wildman–Crippen LogP) is 4.03. The highest BCUT2D eigenvalue weighted by molar-refractivity contribution is 7.99. The van der Waals surface area contributed by atoms with Crippen molar-refractivity contribution in [3.8, 4) is 0 Å². The molecule has 4 nitrogen and oxygen atoms in total. The Bertz CT molecular complexity index is 749. The van der Waals surface area contributed by atoms with Gasteiger partial charge in [0.05, 0.1) is 0 Å². The van der Waals surface area contributed by atoms with Crippen LogP contribution in [0.25, 0.3) is 0 Å². The summed E-state index contributed by atoms with van der Waals surface area (Å²) >= 11 is 1.66. The third kappa shape index (κ3) is 6.43. The maximum atomic E-state index is 12.9. The summed E-state index contributed by atoms with van der Waals surface area (Å²) < 4.78 is 0. The monoisotopic (exact) mass is 384 g/mol. The molecule has 0 aliphatic heterocycles. The number of carbonyl (C=O) groups is 2. The molecule has 1 N–H and O–H groups in total. The third-order valence-corrected chi connectivity index (χ3v) is 5.46. The average molecular weight is 385 g/mol. The lowest BCUT2D eigenvalue weighted by Gasteiger charge is -2.29. The van der Waals surface area contributed by atoms with Crippen molar-refractivity contribution in [3.63, 3.8) is 0 Å². The van der Waals surface area contributed by atoms with Crippen molar-refractivity contribution in [1.29, 1.82) is 0 Å². The zero-order valence-corrected chi connectivity index (χ0v) is 17.1. The number of rotatable bonds is 9. The molecule has 5 heteroatoms. The molecule has 0 spiro atoms. The van der Waals surface area contributed by atoms with Crippen LogP contribution in [0.15, 0.2) is 59.5 Å². The fraction of sp³-hybridized carbons (Fsp3) is 0.364. The minimum absolute atomic E-state index is 0.000405. The molecule has 144 valence electrons. The van der Waals surface area contributed by atoms with E-state index < -0.39 is 6.04 Å². The highest BCUT2D eigenvalue weighted by Gasteiger charge is 2.25. The van der Waals surface area contributed by atoms with Gasteiger partial charge in [-0.1, -0.05) is 42.5 Å². The van der Waals surface area contributed by atoms with Gasteiger partial charge in [0.1, 0.15) is 6.04 Å². The third-order valence-electron chi connectivity index (χ3n) is 4.45. The predicted molar refractivity (Wildman–Crippen MR) is 112 cm³/mol. The lowest BCUT2D eigenvalue weighted by Crippen LogP contribution is -2.47. The van der Waals surface area contributed by atoms with Crippen molar-refractivity contribution >= 4 is 23.6 Å². The Balaban J connectivity index is 2.06. The molecule has 0 unspecified atom stereocenters. The molecule has 0 saturated heterocycles. The Labute approximate surface area is 166 Å². The summed E-state index contributed by atoms with van der Waals surface area (Å²) in [6.07, 6.45) is 0.398. The van der Waals surface area contributed by atoms with Crippen molar-refractivity contribution in [2.24, 2.45) is 0 Å². The Morgan fingerprint density at radius 2 is 1.74 bits per heavy atom. The maximum Gasteiger partial charge on any atom is 0.242 e. The van der Waals surface area contributed by atoms with Crippen LogP contribution in [0.2, 0.25) is 0 Å². The molecule has 27 heavy (non-hydrogen) atoms. The number of hydrogen-bond donors (Lipinski definition) is 1. The first-order chi connectivity index (χ1) is 13.0. The molecule has 2 aromatic carbocycles. The number of thioether (sulfide) groups is 1. The molecule has 2 aromatic rings. The molecule has 2 rings (SSSR count). The average Bonchev–Trinajstić information content (AvgIpc) is 2.67. The van der Waals surface area contributed by atoms with E-state index in [1.165, 1.54) is 0 Å². The molecule has 0 saturated carbocycles. The van der Waals surface area contributed by atoms with Gasteiger partial charge in [-0.05, 0) is 44.0 Å². The van der Waals surface area contributed by atoms with Crippen LogP contribution in [0.5, 0.6) is 0 Å². The van der Waals surface area contributed by atoms with Gasteiger partial charge in [0.15, 0.2) is 0 Å². The summed E-state index contributed by atoms with van der Waals surface area (Å²) in [5.74, 6) is 0.575. The standard InChI is InChI=1S/C22H28N2O2S/c1-4-23-22(26)18(3)24(16-19-11-9-8-10-17(19)2)21(25)14-15-27-20-12-6-5-7-13-20/h5-13,18H,4,14-16H2,1-3H3,(H,23,26)/t18-/m0/s1. The first kappa shape index (κ1) is 21.0. The highest BCUT2D eigenvalue weighted by Crippen LogP contribution is 2.20. The Hall–Kier alpha value is -2.27. The van der Waals surface area contributed by atoms with Crippen LogP contribution in [0, 0.1) is 6.92 Å². The fourth-order valence-electron chi connectivity index (χ4n) is 2.79. The van der Waals surface area contributed by atoms with Gasteiger partial charge in [-0.3, -0.25) is 9.59 Å². The number of nitrogens with zero attached hydrogens (tertiary/aromatic N) is 1. The van der Waals surface area contributed by atoms with Gasteiger partial charge >= 0.3 is 0 Å². The summed E-state index contributed by atoms with van der Waals surface area (Å²) in [6.45, 7) is 6.71. The molecule has 0 aliphatic rings. The molecular formula is C22H28N2O2S. The van der Waals surface area contributed by atoms with Crippen LogP contribution >= 0.6 is 11.8 Å². The smallest absolute Gasteiger partial charge is 0.242 e. The van der Waals surface area contributed by atoms with Crippen LogP contribution in [0.1, 0.15) is 31.4 Å². The van der Waals surface area contributed by atoms with E-state index in [4.69, 9.17) is 0 Å². The van der Waals surface area contributed by atoms with Crippen LogP contribution in [-0.4, -0.2) is 35.1 Å². The summed E-state index contributed by atoms with van der Waals surface area (Å²) in [6, 6.07) is 17.5. The molecule has 2 amide bonds. The van der Waals surface area contributed by atoms with Gasteiger partial charge in [0, 0.05) is 30.2 Å². The lowest BCUT2D eigenvalue weighted by molar-refractivity contribution is -0.140. The van der Waals surface area contributed by atoms with E-state index in [9.17, 15) is 9.59 Å². The van der Waals surface area contributed by atoms with Crippen molar-refractivity contribution in [2.75, 3.05) is 12.3 Å². The number of nitrogens with one attached hydrogen (secondary N) is 1. The summed E-state index contributed by atoms with van der Waals surface area (Å²) in [7, 11) is 0. The number of hydrogen-bond acceptors (Lipinski definition) is 3. The number of aryl methyl sites for hydroxylation is 1. The van der Waals surface area contributed by atoms with Crippen LogP contribution in [0.3, 0.4) is 0 Å². The normalized spacial score (nSPS) is 11.7. The van der Waals surface area contributed by atoms with Crippen molar-refractivity contribution in [2.45, 2.75) is 44.7 Å². The second-order valence-corrected chi connectivity index (χ2v) is 7.60. The summed E-state index contributed by atoms with van der Waals surface area (Å²) in [5.41, 5.74) is 2.19. The number of amides is 2. The Morgan fingerprint density at radius 1 is 1.07 bits per heavy atom. The zero-order chi connectivity index (χ0) is 19.6. The maximum absolute atomic E-state index is 12.9. The molecule has 0 radical (unpaired) electrons. The van der Waals surface area contributed by atoms with Crippen LogP contribution in [-0.2, 0) is 16.1 Å². The summed E-state index contributed by atoms with van der Waals surface area (Å²) in [5, 5.41) is 2.82. The van der Waals surface area contributed by atoms with E-state index in [0.717, 1.165) is 16.0 Å². The lowest BCUT2D eigenvalue weighted by atomic mass is 10.1.